The second kappa shape index (κ2) is 12.7. The van der Waals surface area contributed by atoms with E-state index >= 15 is 0 Å². The largest absolute Gasteiger partial charge is 0.379 e. The number of hydrogen-bond acceptors (Lipinski definition) is 5. The Morgan fingerprint density at radius 2 is 1.52 bits per heavy atom. The van der Waals surface area contributed by atoms with Crippen LogP contribution in [0.1, 0.15) is 33.1 Å². The number of nitrogens with zero attached hydrogens (tertiary/aromatic N) is 1. The molecule has 1 aliphatic rings. The van der Waals surface area contributed by atoms with Gasteiger partial charge in [-0.1, -0.05) is 13.8 Å². The normalized spacial score (nSPS) is 16.3. The highest BCUT2D eigenvalue weighted by Crippen LogP contribution is 2.24. The average Bonchev–Trinajstić information content (AvgIpc) is 2.56. The number of carbonyl (C=O) groups is 1. The first kappa shape index (κ1) is 20.4. The summed E-state index contributed by atoms with van der Waals surface area (Å²) in [5.74, 6) is 1.70. The molecule has 1 heterocycles. The molecular formula is C17H34N2O4. The summed E-state index contributed by atoms with van der Waals surface area (Å²) in [5, 5.41) is 0. The Morgan fingerprint density at radius 3 is 2.04 bits per heavy atom. The van der Waals surface area contributed by atoms with Crippen LogP contribution in [-0.2, 0) is 19.0 Å². The third-order valence-electron chi connectivity index (χ3n) is 4.30. The molecule has 1 fully saturated rings. The minimum absolute atomic E-state index is 0.211. The van der Waals surface area contributed by atoms with Crippen LogP contribution in [-0.4, -0.2) is 70.1 Å². The highest BCUT2D eigenvalue weighted by molar-refractivity contribution is 5.76. The molecule has 2 N–H and O–H groups in total. The van der Waals surface area contributed by atoms with Gasteiger partial charge < -0.3 is 24.8 Å². The quantitative estimate of drug-likeness (QED) is 0.546. The van der Waals surface area contributed by atoms with Gasteiger partial charge >= 0.3 is 0 Å². The summed E-state index contributed by atoms with van der Waals surface area (Å²) in [6, 6.07) is 0. The number of rotatable bonds is 12. The van der Waals surface area contributed by atoms with Crippen LogP contribution in [0.4, 0.5) is 0 Å². The van der Waals surface area contributed by atoms with Crippen LogP contribution in [0.5, 0.6) is 0 Å². The minimum Gasteiger partial charge on any atom is -0.379 e. The molecule has 0 aromatic rings. The summed E-state index contributed by atoms with van der Waals surface area (Å²) in [7, 11) is 0. The second-order valence-corrected chi connectivity index (χ2v) is 6.34. The van der Waals surface area contributed by atoms with E-state index in [0.29, 0.717) is 52.6 Å². The lowest BCUT2D eigenvalue weighted by atomic mass is 9.86. The third kappa shape index (κ3) is 9.25. The first-order valence-corrected chi connectivity index (χ1v) is 8.86. The summed E-state index contributed by atoms with van der Waals surface area (Å²) in [6.45, 7) is 10.0. The van der Waals surface area contributed by atoms with Crippen molar-refractivity contribution in [3.8, 4) is 0 Å². The number of amides is 1. The molecule has 1 rings (SSSR count). The average molecular weight is 330 g/mol. The van der Waals surface area contributed by atoms with Crippen LogP contribution in [0.2, 0.25) is 0 Å². The van der Waals surface area contributed by atoms with Crippen LogP contribution in [0.25, 0.3) is 0 Å². The summed E-state index contributed by atoms with van der Waals surface area (Å²) in [4.78, 5) is 14.1. The molecule has 0 aromatic carbocycles. The van der Waals surface area contributed by atoms with Crippen molar-refractivity contribution < 1.29 is 19.0 Å². The van der Waals surface area contributed by atoms with E-state index in [1.807, 2.05) is 4.90 Å². The van der Waals surface area contributed by atoms with Crippen LogP contribution in [0.15, 0.2) is 0 Å². The third-order valence-corrected chi connectivity index (χ3v) is 4.30. The number of ether oxygens (including phenoxy) is 3. The Hall–Kier alpha value is -0.690. The van der Waals surface area contributed by atoms with Gasteiger partial charge in [0, 0.05) is 19.6 Å². The fourth-order valence-electron chi connectivity index (χ4n) is 2.76. The smallest absolute Gasteiger partial charge is 0.224 e. The maximum atomic E-state index is 12.1. The van der Waals surface area contributed by atoms with Crippen molar-refractivity contribution in [2.75, 3.05) is 59.3 Å². The molecule has 6 heteroatoms. The van der Waals surface area contributed by atoms with Crippen LogP contribution >= 0.6 is 0 Å². The molecule has 0 aromatic heterocycles. The molecule has 136 valence electrons. The number of hydrogen-bond donors (Lipinski definition) is 1. The minimum atomic E-state index is 0.211. The Kier molecular flexibility index (Phi) is 11.2. The summed E-state index contributed by atoms with van der Waals surface area (Å²) < 4.78 is 16.0. The highest BCUT2D eigenvalue weighted by atomic mass is 16.5. The summed E-state index contributed by atoms with van der Waals surface area (Å²) in [5.41, 5.74) is 5.31. The van der Waals surface area contributed by atoms with Crippen molar-refractivity contribution in [3.63, 3.8) is 0 Å². The van der Waals surface area contributed by atoms with Crippen LogP contribution in [0.3, 0.4) is 0 Å². The number of likely N-dealkylation sites (tertiary alicyclic amines) is 1. The van der Waals surface area contributed by atoms with Gasteiger partial charge in [-0.15, -0.1) is 0 Å². The van der Waals surface area contributed by atoms with E-state index in [1.165, 1.54) is 0 Å². The number of nitrogens with two attached hydrogens (primary N) is 1. The van der Waals surface area contributed by atoms with E-state index in [2.05, 4.69) is 13.8 Å². The highest BCUT2D eigenvalue weighted by Gasteiger charge is 2.24. The molecule has 1 amide bonds. The van der Waals surface area contributed by atoms with E-state index in [9.17, 15) is 4.79 Å². The van der Waals surface area contributed by atoms with Gasteiger partial charge in [0.25, 0.3) is 0 Å². The molecule has 0 aliphatic carbocycles. The van der Waals surface area contributed by atoms with Crippen LogP contribution < -0.4 is 5.73 Å². The molecule has 0 radical (unpaired) electrons. The van der Waals surface area contributed by atoms with Crippen molar-refractivity contribution in [3.05, 3.63) is 0 Å². The van der Waals surface area contributed by atoms with Gasteiger partial charge in [-0.2, -0.15) is 0 Å². The Balaban J connectivity index is 1.93. The van der Waals surface area contributed by atoms with E-state index < -0.39 is 0 Å². The zero-order chi connectivity index (χ0) is 16.9. The molecule has 1 saturated heterocycles. The molecular weight excluding hydrogens is 296 g/mol. The van der Waals surface area contributed by atoms with Gasteiger partial charge in [0.2, 0.25) is 5.91 Å². The predicted octanol–water partition coefficient (Wildman–Crippen LogP) is 1.28. The van der Waals surface area contributed by atoms with E-state index in [-0.39, 0.29) is 5.91 Å². The lowest BCUT2D eigenvalue weighted by molar-refractivity contribution is -0.134. The van der Waals surface area contributed by atoms with E-state index in [1.54, 1.807) is 0 Å². The Labute approximate surface area is 140 Å². The van der Waals surface area contributed by atoms with E-state index in [0.717, 1.165) is 37.8 Å². The zero-order valence-electron chi connectivity index (χ0n) is 14.8. The Morgan fingerprint density at radius 1 is 1.00 bits per heavy atom. The molecule has 0 atom stereocenters. The van der Waals surface area contributed by atoms with Gasteiger partial charge in [-0.3, -0.25) is 4.79 Å². The monoisotopic (exact) mass is 330 g/mol. The van der Waals surface area contributed by atoms with Crippen molar-refractivity contribution in [2.45, 2.75) is 33.1 Å². The first-order valence-electron chi connectivity index (χ1n) is 8.86. The lowest BCUT2D eigenvalue weighted by Gasteiger charge is -2.34. The van der Waals surface area contributed by atoms with Gasteiger partial charge in [0.05, 0.1) is 46.1 Å². The Bertz CT molecular complexity index is 305. The van der Waals surface area contributed by atoms with E-state index in [4.69, 9.17) is 19.9 Å². The fourth-order valence-corrected chi connectivity index (χ4v) is 2.76. The van der Waals surface area contributed by atoms with Crippen molar-refractivity contribution in [1.82, 2.24) is 4.90 Å². The van der Waals surface area contributed by atoms with Crippen molar-refractivity contribution in [2.24, 2.45) is 17.6 Å². The zero-order valence-corrected chi connectivity index (χ0v) is 14.8. The summed E-state index contributed by atoms with van der Waals surface area (Å²) in [6.07, 6.45) is 2.72. The number of piperidine rings is 1. The SMILES string of the molecule is CC(C)C1CCN(C(=O)CCOCCOCCOCCN)CC1. The van der Waals surface area contributed by atoms with Gasteiger partial charge in [0.15, 0.2) is 0 Å². The lowest BCUT2D eigenvalue weighted by Crippen LogP contribution is -2.39. The first-order chi connectivity index (χ1) is 11.1. The fraction of sp³-hybridized carbons (Fsp3) is 0.941. The molecule has 0 unspecified atom stereocenters. The second-order valence-electron chi connectivity index (χ2n) is 6.34. The number of carbonyl (C=O) groups excluding carboxylic acids is 1. The molecule has 23 heavy (non-hydrogen) atoms. The molecule has 0 bridgehead atoms. The standard InChI is InChI=1S/C17H34N2O4/c1-15(2)16-3-7-19(8-4-16)17(20)5-9-21-11-13-23-14-12-22-10-6-18/h15-16H,3-14,18H2,1-2H3. The maximum absolute atomic E-state index is 12.1. The molecule has 0 saturated carbocycles. The molecule has 1 aliphatic heterocycles. The van der Waals surface area contributed by atoms with Gasteiger partial charge in [-0.05, 0) is 24.7 Å². The molecule has 6 nitrogen and oxygen atoms in total. The molecule has 0 spiro atoms. The van der Waals surface area contributed by atoms with Gasteiger partial charge in [0.1, 0.15) is 0 Å². The van der Waals surface area contributed by atoms with Gasteiger partial charge in [-0.25, -0.2) is 0 Å². The predicted molar refractivity (Wildman–Crippen MR) is 90.3 cm³/mol. The van der Waals surface area contributed by atoms with Crippen molar-refractivity contribution >= 4 is 5.91 Å². The maximum Gasteiger partial charge on any atom is 0.224 e. The van der Waals surface area contributed by atoms with Crippen LogP contribution in [0, 0.1) is 11.8 Å². The summed E-state index contributed by atoms with van der Waals surface area (Å²) >= 11 is 0. The topological polar surface area (TPSA) is 74.0 Å². The van der Waals surface area contributed by atoms with Crippen molar-refractivity contribution in [1.29, 1.82) is 0 Å².